The van der Waals surface area contributed by atoms with Crippen LogP contribution in [0.25, 0.3) is 11.4 Å². The van der Waals surface area contributed by atoms with Crippen molar-refractivity contribution in [2.24, 2.45) is 0 Å². The number of carbonyl (C=O) groups excluding carboxylic acids is 1. The zero-order valence-corrected chi connectivity index (χ0v) is 14.6. The van der Waals surface area contributed by atoms with Crippen LogP contribution < -0.4 is 4.90 Å². The highest BCUT2D eigenvalue weighted by Crippen LogP contribution is 2.32. The van der Waals surface area contributed by atoms with E-state index >= 15 is 0 Å². The van der Waals surface area contributed by atoms with Crippen molar-refractivity contribution in [1.29, 1.82) is 0 Å². The monoisotopic (exact) mass is 401 g/mol. The van der Waals surface area contributed by atoms with Crippen LogP contribution in [0.2, 0.25) is 0 Å². The SMILES string of the molecule is O=C1CC(c2nc(-c3ccc(Br)cc3)no2)CN1c1cccc(F)c1. The van der Waals surface area contributed by atoms with Crippen molar-refractivity contribution in [2.75, 3.05) is 11.4 Å². The molecule has 7 heteroatoms. The molecule has 0 radical (unpaired) electrons. The minimum Gasteiger partial charge on any atom is -0.339 e. The Morgan fingerprint density at radius 3 is 2.76 bits per heavy atom. The smallest absolute Gasteiger partial charge is 0.232 e. The maximum absolute atomic E-state index is 13.4. The van der Waals surface area contributed by atoms with Crippen LogP contribution in [-0.2, 0) is 4.79 Å². The van der Waals surface area contributed by atoms with E-state index in [0.29, 0.717) is 23.9 Å². The predicted octanol–water partition coefficient (Wildman–Crippen LogP) is 4.16. The summed E-state index contributed by atoms with van der Waals surface area (Å²) in [5.41, 5.74) is 1.38. The maximum atomic E-state index is 13.4. The number of halogens is 2. The van der Waals surface area contributed by atoms with E-state index in [1.54, 1.807) is 17.0 Å². The number of anilines is 1. The summed E-state index contributed by atoms with van der Waals surface area (Å²) >= 11 is 3.38. The minimum absolute atomic E-state index is 0.0843. The van der Waals surface area contributed by atoms with Gasteiger partial charge in [-0.3, -0.25) is 4.79 Å². The van der Waals surface area contributed by atoms with Crippen LogP contribution in [0.5, 0.6) is 0 Å². The van der Waals surface area contributed by atoms with E-state index < -0.39 is 0 Å². The van der Waals surface area contributed by atoms with Gasteiger partial charge < -0.3 is 9.42 Å². The summed E-state index contributed by atoms with van der Waals surface area (Å²) in [6.07, 6.45) is 0.262. The molecule has 25 heavy (non-hydrogen) atoms. The molecular weight excluding hydrogens is 389 g/mol. The summed E-state index contributed by atoms with van der Waals surface area (Å²) in [6.45, 7) is 0.393. The number of aromatic nitrogens is 2. The van der Waals surface area contributed by atoms with Crippen LogP contribution in [-0.4, -0.2) is 22.6 Å². The first kappa shape index (κ1) is 16.0. The van der Waals surface area contributed by atoms with Gasteiger partial charge in [-0.25, -0.2) is 4.39 Å². The van der Waals surface area contributed by atoms with Crippen molar-refractivity contribution in [3.63, 3.8) is 0 Å². The predicted molar refractivity (Wildman–Crippen MR) is 93.5 cm³/mol. The summed E-state index contributed by atoms with van der Waals surface area (Å²) in [5.74, 6) is 0.250. The van der Waals surface area contributed by atoms with Crippen molar-refractivity contribution in [3.8, 4) is 11.4 Å². The molecule has 1 aliphatic rings. The van der Waals surface area contributed by atoms with Gasteiger partial charge in [0.1, 0.15) is 5.82 Å². The van der Waals surface area contributed by atoms with Crippen molar-refractivity contribution in [1.82, 2.24) is 10.1 Å². The molecule has 0 aliphatic carbocycles. The summed E-state index contributed by atoms with van der Waals surface area (Å²) in [6, 6.07) is 13.6. The van der Waals surface area contributed by atoms with Crippen LogP contribution in [0.15, 0.2) is 57.5 Å². The Balaban J connectivity index is 1.55. The van der Waals surface area contributed by atoms with Gasteiger partial charge in [-0.05, 0) is 42.5 Å². The fourth-order valence-electron chi connectivity index (χ4n) is 2.88. The second kappa shape index (κ2) is 6.40. The van der Waals surface area contributed by atoms with Crippen LogP contribution in [0.1, 0.15) is 18.2 Å². The zero-order chi connectivity index (χ0) is 17.4. The Morgan fingerprint density at radius 2 is 2.00 bits per heavy atom. The second-order valence-corrected chi connectivity index (χ2v) is 6.76. The zero-order valence-electron chi connectivity index (χ0n) is 13.0. The van der Waals surface area contributed by atoms with Gasteiger partial charge in [0.15, 0.2) is 0 Å². The number of carbonyl (C=O) groups is 1. The molecule has 1 atom stereocenters. The highest BCUT2D eigenvalue weighted by molar-refractivity contribution is 9.10. The van der Waals surface area contributed by atoms with Crippen LogP contribution >= 0.6 is 15.9 Å². The molecule has 1 aromatic heterocycles. The lowest BCUT2D eigenvalue weighted by molar-refractivity contribution is -0.117. The lowest BCUT2D eigenvalue weighted by Crippen LogP contribution is -2.24. The lowest BCUT2D eigenvalue weighted by Gasteiger charge is -2.15. The molecule has 0 spiro atoms. The topological polar surface area (TPSA) is 59.2 Å². The Kier molecular flexibility index (Phi) is 4.09. The first-order valence-corrected chi connectivity index (χ1v) is 8.55. The summed E-state index contributed by atoms with van der Waals surface area (Å²) in [5, 5.41) is 4.01. The number of nitrogens with zero attached hydrogens (tertiary/aromatic N) is 3. The normalized spacial score (nSPS) is 17.3. The van der Waals surface area contributed by atoms with Crippen LogP contribution in [0, 0.1) is 5.82 Å². The second-order valence-electron chi connectivity index (χ2n) is 5.85. The molecule has 2 aromatic carbocycles. The molecule has 3 aromatic rings. The number of hydrogen-bond acceptors (Lipinski definition) is 4. The Morgan fingerprint density at radius 1 is 1.20 bits per heavy atom. The van der Waals surface area contributed by atoms with E-state index in [9.17, 15) is 9.18 Å². The molecule has 4 rings (SSSR count). The molecule has 1 amide bonds. The van der Waals surface area contributed by atoms with Gasteiger partial charge in [-0.15, -0.1) is 0 Å². The molecule has 0 N–H and O–H groups in total. The Labute approximate surface area is 151 Å². The molecule has 126 valence electrons. The third-order valence-electron chi connectivity index (χ3n) is 4.14. The van der Waals surface area contributed by atoms with E-state index in [-0.39, 0.29) is 24.1 Å². The Hall–Kier alpha value is -2.54. The lowest BCUT2D eigenvalue weighted by atomic mass is 10.1. The average molecular weight is 402 g/mol. The van der Waals surface area contributed by atoms with E-state index in [1.165, 1.54) is 12.1 Å². The number of benzene rings is 2. The molecule has 1 saturated heterocycles. The first-order chi connectivity index (χ1) is 12.1. The van der Waals surface area contributed by atoms with Crippen molar-refractivity contribution in [2.45, 2.75) is 12.3 Å². The molecule has 1 aliphatic heterocycles. The summed E-state index contributed by atoms with van der Waals surface area (Å²) in [4.78, 5) is 18.3. The highest BCUT2D eigenvalue weighted by atomic mass is 79.9. The maximum Gasteiger partial charge on any atom is 0.232 e. The largest absolute Gasteiger partial charge is 0.339 e. The van der Waals surface area contributed by atoms with Crippen LogP contribution in [0.3, 0.4) is 0 Å². The first-order valence-electron chi connectivity index (χ1n) is 7.75. The Bertz CT molecular complexity index is 926. The van der Waals surface area contributed by atoms with Gasteiger partial charge in [0.25, 0.3) is 0 Å². The number of hydrogen-bond donors (Lipinski definition) is 0. The molecule has 0 bridgehead atoms. The third kappa shape index (κ3) is 3.19. The number of rotatable bonds is 3. The molecule has 2 heterocycles. The molecule has 1 fully saturated rings. The van der Waals surface area contributed by atoms with Crippen LogP contribution in [0.4, 0.5) is 10.1 Å². The molecule has 5 nitrogen and oxygen atoms in total. The van der Waals surface area contributed by atoms with Gasteiger partial charge >= 0.3 is 0 Å². The average Bonchev–Trinajstić information content (AvgIpc) is 3.22. The van der Waals surface area contributed by atoms with E-state index in [1.807, 2.05) is 24.3 Å². The third-order valence-corrected chi connectivity index (χ3v) is 4.67. The highest BCUT2D eigenvalue weighted by Gasteiger charge is 2.35. The summed E-state index contributed by atoms with van der Waals surface area (Å²) < 4.78 is 19.7. The van der Waals surface area contributed by atoms with E-state index in [4.69, 9.17) is 4.52 Å². The standard InChI is InChI=1S/C18H13BrFN3O2/c19-13-6-4-11(5-7-13)17-21-18(25-22-17)12-8-16(24)23(10-12)15-3-1-2-14(20)9-15/h1-7,9,12H,8,10H2. The van der Waals surface area contributed by atoms with Gasteiger partial charge in [0.05, 0.1) is 5.92 Å². The summed E-state index contributed by atoms with van der Waals surface area (Å²) in [7, 11) is 0. The van der Waals surface area contributed by atoms with E-state index in [2.05, 4.69) is 26.1 Å². The fraction of sp³-hybridized carbons (Fsp3) is 0.167. The molecule has 0 saturated carbocycles. The van der Waals surface area contributed by atoms with Gasteiger partial charge in [0, 0.05) is 28.7 Å². The minimum atomic E-state index is -0.371. The van der Waals surface area contributed by atoms with Crippen molar-refractivity contribution < 1.29 is 13.7 Å². The van der Waals surface area contributed by atoms with Gasteiger partial charge in [-0.2, -0.15) is 4.98 Å². The molecular formula is C18H13BrFN3O2. The van der Waals surface area contributed by atoms with Crippen molar-refractivity contribution >= 4 is 27.5 Å². The molecule has 1 unspecified atom stereocenters. The quantitative estimate of drug-likeness (QED) is 0.660. The van der Waals surface area contributed by atoms with Gasteiger partial charge in [0.2, 0.25) is 17.6 Å². The van der Waals surface area contributed by atoms with Gasteiger partial charge in [-0.1, -0.05) is 27.2 Å². The van der Waals surface area contributed by atoms with Crippen molar-refractivity contribution in [3.05, 3.63) is 64.7 Å². The number of amides is 1. The van der Waals surface area contributed by atoms with E-state index in [0.717, 1.165) is 10.0 Å². The fourth-order valence-corrected chi connectivity index (χ4v) is 3.15.